The van der Waals surface area contributed by atoms with Gasteiger partial charge in [-0.05, 0) is 53.9 Å². The summed E-state index contributed by atoms with van der Waals surface area (Å²) in [5.41, 5.74) is 5.52. The van der Waals surface area contributed by atoms with Crippen LogP contribution in [0.25, 0.3) is 5.65 Å². The second kappa shape index (κ2) is 9.45. The van der Waals surface area contributed by atoms with Crippen LogP contribution < -0.4 is 10.1 Å². The number of nitrogens with one attached hydrogen (secondary N) is 1. The number of amides is 1. The Balaban J connectivity index is 1.31. The van der Waals surface area contributed by atoms with E-state index in [-0.39, 0.29) is 12.3 Å². The molecule has 0 aliphatic rings. The van der Waals surface area contributed by atoms with E-state index in [0.717, 1.165) is 39.5 Å². The predicted octanol–water partition coefficient (Wildman–Crippen LogP) is 4.55. The van der Waals surface area contributed by atoms with Gasteiger partial charge in [-0.15, -0.1) is 0 Å². The number of aromatic nitrogens is 2. The second-order valence-corrected chi connectivity index (χ2v) is 7.42. The van der Waals surface area contributed by atoms with Gasteiger partial charge in [-0.1, -0.05) is 30.3 Å². The first-order valence-corrected chi connectivity index (χ1v) is 10.1. The van der Waals surface area contributed by atoms with Gasteiger partial charge in [0.25, 0.3) is 0 Å². The number of carbonyl (C=O) groups excluding carboxylic acids is 1. The second-order valence-electron chi connectivity index (χ2n) is 7.42. The smallest absolute Gasteiger partial charge is 0.230 e. The molecule has 0 aliphatic carbocycles. The van der Waals surface area contributed by atoms with E-state index in [2.05, 4.69) is 10.3 Å². The Hall–Kier alpha value is -3.64. The molecule has 0 aliphatic heterocycles. The van der Waals surface area contributed by atoms with Crippen molar-refractivity contribution in [2.45, 2.75) is 26.6 Å². The number of benzene rings is 2. The number of aryl methyl sites for hydroxylation is 1. The number of methoxy groups -OCH3 is 1. The molecule has 0 spiro atoms. The van der Waals surface area contributed by atoms with Crippen molar-refractivity contribution in [3.8, 4) is 5.75 Å². The fraction of sp³-hybridized carbons (Fsp3) is 0.200. The highest BCUT2D eigenvalue weighted by Gasteiger charge is 2.09. The molecule has 4 aromatic rings. The molecule has 2 aromatic carbocycles. The Bertz CT molecular complexity index is 1180. The maximum absolute atomic E-state index is 12.5. The lowest BCUT2D eigenvalue weighted by Crippen LogP contribution is -2.14. The van der Waals surface area contributed by atoms with Crippen LogP contribution in [0, 0.1) is 6.92 Å². The Labute approximate surface area is 181 Å². The van der Waals surface area contributed by atoms with Gasteiger partial charge in [0.05, 0.1) is 32.4 Å². The Morgan fingerprint density at radius 3 is 2.61 bits per heavy atom. The average molecular weight is 415 g/mol. The fourth-order valence-corrected chi connectivity index (χ4v) is 3.41. The van der Waals surface area contributed by atoms with E-state index in [0.29, 0.717) is 13.2 Å². The van der Waals surface area contributed by atoms with Gasteiger partial charge in [0.15, 0.2) is 0 Å². The summed E-state index contributed by atoms with van der Waals surface area (Å²) in [5, 5.41) is 2.95. The van der Waals surface area contributed by atoms with Crippen LogP contribution in [0.2, 0.25) is 0 Å². The molecule has 2 aromatic heterocycles. The van der Waals surface area contributed by atoms with Crippen molar-refractivity contribution in [3.63, 3.8) is 0 Å². The Kier molecular flexibility index (Phi) is 6.29. The molecule has 0 bridgehead atoms. The summed E-state index contributed by atoms with van der Waals surface area (Å²) in [6.07, 6.45) is 4.05. The highest BCUT2D eigenvalue weighted by atomic mass is 16.5. The summed E-state index contributed by atoms with van der Waals surface area (Å²) >= 11 is 0. The minimum absolute atomic E-state index is 0.0997. The first-order chi connectivity index (χ1) is 15.1. The van der Waals surface area contributed by atoms with Crippen molar-refractivity contribution >= 4 is 17.2 Å². The summed E-state index contributed by atoms with van der Waals surface area (Å²) in [7, 11) is 1.65. The van der Waals surface area contributed by atoms with Crippen LogP contribution in [-0.4, -0.2) is 22.4 Å². The standard InChI is InChI=1S/C25H25N3O3/c1-18-5-4-12-28-15-22(27-25(18)28)14-24(29)26-21-7-3-6-20(13-21)17-31-16-19-8-10-23(30-2)11-9-19/h3-13,15H,14,16-17H2,1-2H3,(H,26,29). The summed E-state index contributed by atoms with van der Waals surface area (Å²) in [6, 6.07) is 19.5. The van der Waals surface area contributed by atoms with Crippen molar-refractivity contribution < 1.29 is 14.3 Å². The molecule has 158 valence electrons. The quantitative estimate of drug-likeness (QED) is 0.459. The lowest BCUT2D eigenvalue weighted by molar-refractivity contribution is -0.115. The molecule has 31 heavy (non-hydrogen) atoms. The first kappa shape index (κ1) is 20.6. The molecule has 0 unspecified atom stereocenters. The lowest BCUT2D eigenvalue weighted by Gasteiger charge is -2.08. The molecule has 1 amide bonds. The molecule has 0 saturated heterocycles. The van der Waals surface area contributed by atoms with Crippen LogP contribution in [-0.2, 0) is 29.2 Å². The number of pyridine rings is 1. The zero-order valence-corrected chi connectivity index (χ0v) is 17.7. The number of hydrogen-bond acceptors (Lipinski definition) is 4. The van der Waals surface area contributed by atoms with E-state index in [1.165, 1.54) is 0 Å². The molecule has 0 fully saturated rings. The third-order valence-corrected chi connectivity index (χ3v) is 4.98. The third kappa shape index (κ3) is 5.29. The number of ether oxygens (including phenoxy) is 2. The van der Waals surface area contributed by atoms with Gasteiger partial charge >= 0.3 is 0 Å². The monoisotopic (exact) mass is 415 g/mol. The van der Waals surface area contributed by atoms with E-state index in [4.69, 9.17) is 9.47 Å². The fourth-order valence-electron chi connectivity index (χ4n) is 3.41. The number of imidazole rings is 1. The van der Waals surface area contributed by atoms with Gasteiger partial charge < -0.3 is 19.2 Å². The van der Waals surface area contributed by atoms with Gasteiger partial charge in [0, 0.05) is 18.1 Å². The van der Waals surface area contributed by atoms with E-state index in [1.54, 1.807) is 7.11 Å². The molecule has 6 nitrogen and oxygen atoms in total. The van der Waals surface area contributed by atoms with Gasteiger partial charge in [0.1, 0.15) is 11.4 Å². The predicted molar refractivity (Wildman–Crippen MR) is 120 cm³/mol. The van der Waals surface area contributed by atoms with E-state index < -0.39 is 0 Å². The van der Waals surface area contributed by atoms with Crippen LogP contribution in [0.3, 0.4) is 0 Å². The summed E-state index contributed by atoms with van der Waals surface area (Å²) in [5.74, 6) is 0.725. The van der Waals surface area contributed by atoms with Crippen molar-refractivity contribution in [2.24, 2.45) is 0 Å². The highest BCUT2D eigenvalue weighted by Crippen LogP contribution is 2.16. The lowest BCUT2D eigenvalue weighted by atomic mass is 10.2. The molecule has 4 rings (SSSR count). The van der Waals surface area contributed by atoms with Gasteiger partial charge in [-0.3, -0.25) is 4.79 Å². The van der Waals surface area contributed by atoms with Crippen LogP contribution in [0.4, 0.5) is 5.69 Å². The van der Waals surface area contributed by atoms with Gasteiger partial charge in [-0.25, -0.2) is 4.98 Å². The summed E-state index contributed by atoms with van der Waals surface area (Å²) in [6.45, 7) is 2.98. The number of rotatable bonds is 8. The Morgan fingerprint density at radius 2 is 1.84 bits per heavy atom. The highest BCUT2D eigenvalue weighted by molar-refractivity contribution is 5.92. The van der Waals surface area contributed by atoms with Crippen LogP contribution >= 0.6 is 0 Å². The number of anilines is 1. The number of hydrogen-bond donors (Lipinski definition) is 1. The molecule has 6 heteroatoms. The zero-order chi connectivity index (χ0) is 21.6. The van der Waals surface area contributed by atoms with Crippen molar-refractivity contribution in [3.05, 3.63) is 95.4 Å². The van der Waals surface area contributed by atoms with E-state index in [1.807, 2.05) is 84.4 Å². The first-order valence-electron chi connectivity index (χ1n) is 10.1. The third-order valence-electron chi connectivity index (χ3n) is 4.98. The summed E-state index contributed by atoms with van der Waals surface area (Å²) in [4.78, 5) is 17.1. The SMILES string of the molecule is COc1ccc(COCc2cccc(NC(=O)Cc3cn4cccc(C)c4n3)c2)cc1. The molecule has 0 atom stereocenters. The number of fused-ring (bicyclic) bond motifs is 1. The molecule has 2 heterocycles. The maximum Gasteiger partial charge on any atom is 0.230 e. The molecule has 0 saturated carbocycles. The zero-order valence-electron chi connectivity index (χ0n) is 17.7. The van der Waals surface area contributed by atoms with E-state index >= 15 is 0 Å². The number of carbonyl (C=O) groups is 1. The summed E-state index contributed by atoms with van der Waals surface area (Å²) < 4.78 is 12.9. The number of nitrogens with zero attached hydrogens (tertiary/aromatic N) is 2. The van der Waals surface area contributed by atoms with Crippen molar-refractivity contribution in [2.75, 3.05) is 12.4 Å². The van der Waals surface area contributed by atoms with Crippen LogP contribution in [0.5, 0.6) is 5.75 Å². The molecule has 1 N–H and O–H groups in total. The maximum atomic E-state index is 12.5. The normalized spacial score (nSPS) is 10.9. The molecular formula is C25H25N3O3. The average Bonchev–Trinajstić information content (AvgIpc) is 3.18. The van der Waals surface area contributed by atoms with Gasteiger partial charge in [0.2, 0.25) is 5.91 Å². The Morgan fingerprint density at radius 1 is 1.03 bits per heavy atom. The van der Waals surface area contributed by atoms with Gasteiger partial charge in [-0.2, -0.15) is 0 Å². The van der Waals surface area contributed by atoms with Crippen molar-refractivity contribution in [1.29, 1.82) is 0 Å². The molecular weight excluding hydrogens is 390 g/mol. The minimum Gasteiger partial charge on any atom is -0.497 e. The van der Waals surface area contributed by atoms with Crippen LogP contribution in [0.15, 0.2) is 73.1 Å². The minimum atomic E-state index is -0.0997. The largest absolute Gasteiger partial charge is 0.497 e. The molecule has 0 radical (unpaired) electrons. The van der Waals surface area contributed by atoms with E-state index in [9.17, 15) is 4.79 Å². The van der Waals surface area contributed by atoms with Crippen molar-refractivity contribution in [1.82, 2.24) is 9.38 Å². The van der Waals surface area contributed by atoms with Crippen LogP contribution in [0.1, 0.15) is 22.4 Å². The topological polar surface area (TPSA) is 64.9 Å².